The maximum Gasteiger partial charge on any atom is 0.364 e. The lowest BCUT2D eigenvalue weighted by Crippen LogP contribution is -2.15. The third kappa shape index (κ3) is 1.76. The van der Waals surface area contributed by atoms with Crippen molar-refractivity contribution in [1.82, 2.24) is 4.98 Å². The number of ether oxygens (including phenoxy) is 1. The summed E-state index contributed by atoms with van der Waals surface area (Å²) in [5.74, 6) is -1.20. The van der Waals surface area contributed by atoms with Gasteiger partial charge in [-0.25, -0.2) is 0 Å². The van der Waals surface area contributed by atoms with E-state index in [-0.39, 0.29) is 11.4 Å². The first kappa shape index (κ1) is 9.90. The van der Waals surface area contributed by atoms with Crippen molar-refractivity contribution in [2.75, 3.05) is 7.11 Å². The lowest BCUT2D eigenvalue weighted by molar-refractivity contribution is -0.389. The van der Waals surface area contributed by atoms with Crippen molar-refractivity contribution in [3.63, 3.8) is 0 Å². The Morgan fingerprint density at radius 2 is 2.29 bits per heavy atom. The molecule has 0 aliphatic carbocycles. The van der Waals surface area contributed by atoms with Crippen LogP contribution in [0.1, 0.15) is 10.5 Å². The van der Waals surface area contributed by atoms with Gasteiger partial charge in [-0.05, 0) is 16.0 Å². The summed E-state index contributed by atoms with van der Waals surface area (Å²) in [4.78, 5) is 23.9. The molecule has 0 unspecified atom stereocenters. The molecule has 7 nitrogen and oxygen atoms in total. The van der Waals surface area contributed by atoms with Gasteiger partial charge in [-0.2, -0.15) is 0 Å². The van der Waals surface area contributed by atoms with Gasteiger partial charge in [0.25, 0.3) is 11.6 Å². The van der Waals surface area contributed by atoms with E-state index in [2.05, 4.69) is 4.98 Å². The first-order valence-electron chi connectivity index (χ1n) is 3.55. The second kappa shape index (κ2) is 3.69. The molecule has 0 aliphatic heterocycles. The fraction of sp³-hybridized carbons (Fsp3) is 0.143. The Hall–Kier alpha value is -2.18. The van der Waals surface area contributed by atoms with Crippen molar-refractivity contribution in [2.24, 2.45) is 5.73 Å². The quantitative estimate of drug-likeness (QED) is 0.545. The van der Waals surface area contributed by atoms with Gasteiger partial charge >= 0.3 is 5.82 Å². The number of aromatic nitrogens is 1. The van der Waals surface area contributed by atoms with Gasteiger partial charge < -0.3 is 20.6 Å². The molecular formula is C7H7N3O4. The first-order valence-corrected chi connectivity index (χ1v) is 3.55. The molecule has 1 aromatic rings. The Balaban J connectivity index is 3.27. The summed E-state index contributed by atoms with van der Waals surface area (Å²) in [6.45, 7) is 0. The molecule has 14 heavy (non-hydrogen) atoms. The summed E-state index contributed by atoms with van der Waals surface area (Å²) in [5, 5.41) is 10.3. The molecular weight excluding hydrogens is 190 g/mol. The fourth-order valence-electron chi connectivity index (χ4n) is 0.879. The third-order valence-corrected chi connectivity index (χ3v) is 1.48. The maximum atomic E-state index is 10.8. The molecule has 2 N–H and O–H groups in total. The van der Waals surface area contributed by atoms with Crippen molar-refractivity contribution in [1.29, 1.82) is 0 Å². The minimum Gasteiger partial charge on any atom is -0.492 e. The highest BCUT2D eigenvalue weighted by Crippen LogP contribution is 2.19. The van der Waals surface area contributed by atoms with Crippen molar-refractivity contribution in [3.05, 3.63) is 27.9 Å². The van der Waals surface area contributed by atoms with Crippen LogP contribution in [0.4, 0.5) is 5.82 Å². The van der Waals surface area contributed by atoms with E-state index >= 15 is 0 Å². The number of pyridine rings is 1. The Morgan fingerprint density at radius 1 is 1.64 bits per heavy atom. The average molecular weight is 197 g/mol. The molecule has 1 aromatic heterocycles. The van der Waals surface area contributed by atoms with Crippen LogP contribution in [-0.2, 0) is 0 Å². The number of nitrogens with two attached hydrogens (primary N) is 1. The van der Waals surface area contributed by atoms with Crippen LogP contribution in [0.3, 0.4) is 0 Å². The minimum absolute atomic E-state index is 0.114. The van der Waals surface area contributed by atoms with E-state index in [0.717, 1.165) is 6.07 Å². The zero-order valence-corrected chi connectivity index (χ0v) is 7.26. The Bertz CT molecular complexity index is 391. The molecule has 0 saturated carbocycles. The molecule has 1 amide bonds. The molecule has 74 valence electrons. The van der Waals surface area contributed by atoms with Crippen LogP contribution in [0.5, 0.6) is 5.75 Å². The van der Waals surface area contributed by atoms with Gasteiger partial charge in [-0.3, -0.25) is 4.79 Å². The van der Waals surface area contributed by atoms with Crippen molar-refractivity contribution < 1.29 is 14.5 Å². The number of methoxy groups -OCH3 is 1. The van der Waals surface area contributed by atoms with E-state index in [1.807, 2.05) is 0 Å². The molecule has 1 heterocycles. The van der Waals surface area contributed by atoms with Crippen LogP contribution in [-0.4, -0.2) is 22.9 Å². The molecule has 0 atom stereocenters. The minimum atomic E-state index is -0.870. The number of nitrogens with zero attached hydrogens (tertiary/aromatic N) is 2. The summed E-state index contributed by atoms with van der Waals surface area (Å²) >= 11 is 0. The Labute approximate surface area is 78.6 Å². The van der Waals surface area contributed by atoms with Gasteiger partial charge in [0.15, 0.2) is 5.75 Å². The van der Waals surface area contributed by atoms with Gasteiger partial charge in [0.05, 0.1) is 7.11 Å². The number of hydrogen-bond acceptors (Lipinski definition) is 5. The highest BCUT2D eigenvalue weighted by molar-refractivity contribution is 5.93. The molecule has 0 spiro atoms. The van der Waals surface area contributed by atoms with Gasteiger partial charge in [0.1, 0.15) is 0 Å². The molecule has 0 saturated heterocycles. The monoisotopic (exact) mass is 197 g/mol. The fourth-order valence-corrected chi connectivity index (χ4v) is 0.879. The average Bonchev–Trinajstić information content (AvgIpc) is 2.16. The molecule has 0 radical (unpaired) electrons. The highest BCUT2D eigenvalue weighted by atomic mass is 16.6. The van der Waals surface area contributed by atoms with E-state index in [9.17, 15) is 14.9 Å². The molecule has 7 heteroatoms. The molecule has 0 fully saturated rings. The number of carbonyl (C=O) groups excluding carboxylic acids is 1. The summed E-state index contributed by atoms with van der Waals surface area (Å²) < 4.78 is 4.76. The van der Waals surface area contributed by atoms with E-state index < -0.39 is 16.6 Å². The highest BCUT2D eigenvalue weighted by Gasteiger charge is 2.20. The van der Waals surface area contributed by atoms with E-state index in [0.29, 0.717) is 0 Å². The lowest BCUT2D eigenvalue weighted by atomic mass is 10.3. The van der Waals surface area contributed by atoms with Crippen LogP contribution in [0, 0.1) is 10.1 Å². The second-order valence-corrected chi connectivity index (χ2v) is 2.34. The predicted octanol–water partition coefficient (Wildman–Crippen LogP) is 0.0973. The molecule has 0 aliphatic rings. The first-order chi connectivity index (χ1) is 6.56. The molecule has 0 aromatic carbocycles. The Morgan fingerprint density at radius 3 is 2.71 bits per heavy atom. The van der Waals surface area contributed by atoms with Gasteiger partial charge in [0.2, 0.25) is 0 Å². The number of nitro groups is 1. The van der Waals surface area contributed by atoms with Crippen molar-refractivity contribution in [3.8, 4) is 5.75 Å². The summed E-state index contributed by atoms with van der Waals surface area (Å²) in [6.07, 6.45) is 0. The van der Waals surface area contributed by atoms with Crippen LogP contribution < -0.4 is 10.5 Å². The SMILES string of the molecule is COc1ccc([N+](=O)[O-])nc1C(N)=O. The number of rotatable bonds is 3. The van der Waals surface area contributed by atoms with E-state index in [1.165, 1.54) is 13.2 Å². The summed E-state index contributed by atoms with van der Waals surface area (Å²) in [6, 6.07) is 2.40. The zero-order valence-electron chi connectivity index (χ0n) is 7.26. The van der Waals surface area contributed by atoms with Crippen molar-refractivity contribution >= 4 is 11.7 Å². The number of carbonyl (C=O) groups is 1. The van der Waals surface area contributed by atoms with E-state index in [4.69, 9.17) is 10.5 Å². The van der Waals surface area contributed by atoms with Crippen LogP contribution in [0.25, 0.3) is 0 Å². The summed E-state index contributed by atoms with van der Waals surface area (Å²) in [5.41, 5.74) is 4.71. The molecule has 1 rings (SSSR count). The van der Waals surface area contributed by atoms with Crippen LogP contribution >= 0.6 is 0 Å². The maximum absolute atomic E-state index is 10.8. The summed E-state index contributed by atoms with van der Waals surface area (Å²) in [7, 11) is 1.31. The number of primary amides is 1. The molecule has 0 bridgehead atoms. The van der Waals surface area contributed by atoms with Gasteiger partial charge in [-0.1, -0.05) is 0 Å². The topological polar surface area (TPSA) is 108 Å². The van der Waals surface area contributed by atoms with Crippen LogP contribution in [0.2, 0.25) is 0 Å². The normalized spacial score (nSPS) is 9.50. The van der Waals surface area contributed by atoms with E-state index in [1.54, 1.807) is 0 Å². The number of amides is 1. The van der Waals surface area contributed by atoms with Crippen molar-refractivity contribution in [2.45, 2.75) is 0 Å². The zero-order chi connectivity index (χ0) is 10.7. The predicted molar refractivity (Wildman–Crippen MR) is 46.0 cm³/mol. The Kier molecular flexibility index (Phi) is 2.61. The largest absolute Gasteiger partial charge is 0.492 e. The van der Waals surface area contributed by atoms with Gasteiger partial charge in [0, 0.05) is 6.07 Å². The third-order valence-electron chi connectivity index (χ3n) is 1.48. The standard InChI is InChI=1S/C7H7N3O4/c1-14-4-2-3-5(10(12)13)9-6(4)7(8)11/h2-3H,1H3,(H2,8,11). The van der Waals surface area contributed by atoms with Gasteiger partial charge in [-0.15, -0.1) is 0 Å². The number of hydrogen-bond donors (Lipinski definition) is 1. The second-order valence-electron chi connectivity index (χ2n) is 2.34. The van der Waals surface area contributed by atoms with Crippen LogP contribution in [0.15, 0.2) is 12.1 Å². The lowest BCUT2D eigenvalue weighted by Gasteiger charge is -2.00. The smallest absolute Gasteiger partial charge is 0.364 e.